The van der Waals surface area contributed by atoms with Crippen LogP contribution < -0.4 is 10.6 Å². The number of carboxylic acids is 1. The molecular formula is C47H80N2O5. The predicted octanol–water partition coefficient (Wildman–Crippen LogP) is 10.1. The first-order valence-corrected chi connectivity index (χ1v) is 22.4. The number of aliphatic hydroxyl groups excluding tert-OH is 1. The number of aliphatic carboxylic acids is 1. The Morgan fingerprint density at radius 1 is 0.796 bits per heavy atom. The molecule has 5 aliphatic carbocycles. The van der Waals surface area contributed by atoms with Gasteiger partial charge in [-0.1, -0.05) is 86.8 Å². The van der Waals surface area contributed by atoms with Crippen molar-refractivity contribution in [2.45, 2.75) is 190 Å². The van der Waals surface area contributed by atoms with Gasteiger partial charge in [-0.2, -0.15) is 0 Å². The average Bonchev–Trinajstić information content (AvgIpc) is 3.49. The van der Waals surface area contributed by atoms with Crippen LogP contribution in [-0.2, 0) is 14.4 Å². The highest BCUT2D eigenvalue weighted by molar-refractivity contribution is 5.84. The summed E-state index contributed by atoms with van der Waals surface area (Å²) in [5.74, 6) is 2.31. The Balaban J connectivity index is 1.15. The van der Waals surface area contributed by atoms with Gasteiger partial charge in [0.15, 0.2) is 0 Å². The van der Waals surface area contributed by atoms with Crippen molar-refractivity contribution < 1.29 is 24.6 Å². The Morgan fingerprint density at radius 3 is 2.15 bits per heavy atom. The topological polar surface area (TPSA) is 116 Å². The minimum Gasteiger partial charge on any atom is -0.481 e. The molecule has 7 nitrogen and oxygen atoms in total. The number of allylic oxidation sites excluding steroid dienone is 1. The minimum absolute atomic E-state index is 0.0225. The highest BCUT2D eigenvalue weighted by Gasteiger charge is 2.71. The van der Waals surface area contributed by atoms with Crippen molar-refractivity contribution in [3.8, 4) is 0 Å². The van der Waals surface area contributed by atoms with Crippen LogP contribution in [0.25, 0.3) is 0 Å². The van der Waals surface area contributed by atoms with Crippen LogP contribution in [0, 0.1) is 68.5 Å². The molecule has 0 unspecified atom stereocenters. The molecule has 5 rings (SSSR count). The molecule has 0 radical (unpaired) electrons. The van der Waals surface area contributed by atoms with E-state index in [9.17, 15) is 24.6 Å². The van der Waals surface area contributed by atoms with Crippen molar-refractivity contribution in [3.05, 3.63) is 12.2 Å². The summed E-state index contributed by atoms with van der Waals surface area (Å²) < 4.78 is 0. The minimum atomic E-state index is -0.822. The maximum absolute atomic E-state index is 14.5. The molecule has 0 aromatic rings. The summed E-state index contributed by atoms with van der Waals surface area (Å²) in [7, 11) is 0. The first kappa shape index (κ1) is 43.2. The number of hydrogen-bond acceptors (Lipinski definition) is 4. The summed E-state index contributed by atoms with van der Waals surface area (Å²) in [4.78, 5) is 38.4. The zero-order valence-corrected chi connectivity index (χ0v) is 36.0. The number of unbranched alkanes of at least 4 members (excludes halogenated alkanes) is 4. The fraction of sp³-hybridized carbons (Fsp3) is 0.894. The van der Waals surface area contributed by atoms with Gasteiger partial charge in [-0.05, 0) is 153 Å². The summed E-state index contributed by atoms with van der Waals surface area (Å²) in [5.41, 5.74) is 1.62. The van der Waals surface area contributed by atoms with Gasteiger partial charge in [0.25, 0.3) is 0 Å². The number of nitrogens with one attached hydrogen (secondary N) is 2. The average molecular weight is 753 g/mol. The second-order valence-corrected chi connectivity index (χ2v) is 21.4. The lowest BCUT2D eigenvalue weighted by atomic mass is 9.32. The number of hydrogen-bond donors (Lipinski definition) is 4. The maximum Gasteiger partial charge on any atom is 0.303 e. The van der Waals surface area contributed by atoms with Crippen LogP contribution in [0.1, 0.15) is 178 Å². The molecule has 0 aliphatic heterocycles. The number of fused-ring (bicyclic) bond motifs is 7. The summed E-state index contributed by atoms with van der Waals surface area (Å²) in [6.45, 7) is 26.1. The van der Waals surface area contributed by atoms with Gasteiger partial charge >= 0.3 is 5.97 Å². The van der Waals surface area contributed by atoms with E-state index < -0.39 is 5.97 Å². The van der Waals surface area contributed by atoms with Crippen molar-refractivity contribution in [3.63, 3.8) is 0 Å². The molecule has 5 aliphatic rings. The van der Waals surface area contributed by atoms with E-state index in [-0.39, 0.29) is 57.5 Å². The SMILES string of the molecule is C=C(C)[C@@H]1CC[C@]2(C(=O)NCCCCCCCC(=O)N[C@@H](CC(C)C)[C@@H](C)CC(=O)O)CC[C@]3(C)[C@H](CC[C@@H]4[C@@]5(C)CC[C@H](O)C(C)(C)[C@@H]5CC[C@]43C)[C@@H]12. The van der Waals surface area contributed by atoms with Crippen molar-refractivity contribution in [1.82, 2.24) is 10.6 Å². The molecule has 0 bridgehead atoms. The Bertz CT molecular complexity index is 1380. The molecule has 0 spiro atoms. The lowest BCUT2D eigenvalue weighted by molar-refractivity contribution is -0.246. The number of carbonyl (C=O) groups is 3. The first-order valence-electron chi connectivity index (χ1n) is 22.4. The van der Waals surface area contributed by atoms with Crippen LogP contribution in [0.4, 0.5) is 0 Å². The Kier molecular flexibility index (Phi) is 13.2. The van der Waals surface area contributed by atoms with E-state index in [4.69, 9.17) is 0 Å². The van der Waals surface area contributed by atoms with Gasteiger partial charge in [0.1, 0.15) is 0 Å². The van der Waals surface area contributed by atoms with Crippen molar-refractivity contribution in [2.24, 2.45) is 68.5 Å². The molecule has 0 aromatic carbocycles. The van der Waals surface area contributed by atoms with Gasteiger partial charge in [-0.25, -0.2) is 0 Å². The van der Waals surface area contributed by atoms with Crippen molar-refractivity contribution in [2.75, 3.05) is 6.54 Å². The summed E-state index contributed by atoms with van der Waals surface area (Å²) >= 11 is 0. The maximum atomic E-state index is 14.5. The third-order valence-corrected chi connectivity index (χ3v) is 17.6. The van der Waals surface area contributed by atoms with E-state index in [1.54, 1.807) is 0 Å². The van der Waals surface area contributed by atoms with E-state index in [2.05, 4.69) is 72.6 Å². The van der Waals surface area contributed by atoms with Gasteiger partial charge in [-0.15, -0.1) is 0 Å². The smallest absolute Gasteiger partial charge is 0.303 e. The number of aliphatic hydroxyl groups is 1. The lowest BCUT2D eigenvalue weighted by Gasteiger charge is -2.72. The van der Waals surface area contributed by atoms with E-state index in [1.807, 2.05) is 6.92 Å². The second-order valence-electron chi connectivity index (χ2n) is 21.4. The Morgan fingerprint density at radius 2 is 1.48 bits per heavy atom. The van der Waals surface area contributed by atoms with Crippen LogP contribution in [0.15, 0.2) is 12.2 Å². The fourth-order valence-corrected chi connectivity index (χ4v) is 14.5. The number of carbonyl (C=O) groups excluding carboxylic acids is 2. The van der Waals surface area contributed by atoms with Gasteiger partial charge in [0.05, 0.1) is 11.5 Å². The van der Waals surface area contributed by atoms with Crippen LogP contribution in [-0.4, -0.2) is 46.7 Å². The summed E-state index contributed by atoms with van der Waals surface area (Å²) in [6, 6.07) is -0.110. The molecule has 0 aromatic heterocycles. The summed E-state index contributed by atoms with van der Waals surface area (Å²) in [6.07, 6.45) is 17.1. The largest absolute Gasteiger partial charge is 0.481 e. The van der Waals surface area contributed by atoms with Crippen LogP contribution >= 0.6 is 0 Å². The standard InChI is InChI=1S/C47H80N2O5/c1-30(2)28-35(32(5)29-40(52)53)49-39(51)16-14-12-11-13-15-27-48-42(54)47-24-19-33(31(3)4)41(47)34-17-18-37-44(8)22-21-38(50)43(6,7)36(44)20-23-46(37,10)45(34,9)25-26-47/h30,32-38,41,50H,3,11-29H2,1-2,4-10H3,(H,48,54)(H,49,51)(H,52,53)/t32-,33-,34+,35-,36-,37+,38-,41+,44-,45+,46+,47-/m0/s1. The van der Waals surface area contributed by atoms with E-state index in [1.165, 1.54) is 31.3 Å². The second kappa shape index (κ2) is 16.5. The molecule has 7 heteroatoms. The monoisotopic (exact) mass is 753 g/mol. The van der Waals surface area contributed by atoms with E-state index in [0.717, 1.165) is 77.0 Å². The zero-order valence-electron chi connectivity index (χ0n) is 36.0. The van der Waals surface area contributed by atoms with Crippen LogP contribution in [0.2, 0.25) is 0 Å². The van der Waals surface area contributed by atoms with Gasteiger partial charge in [0.2, 0.25) is 11.8 Å². The first-order chi connectivity index (χ1) is 25.2. The molecule has 308 valence electrons. The molecule has 4 N–H and O–H groups in total. The third kappa shape index (κ3) is 7.85. The molecule has 2 amide bonds. The molecular weight excluding hydrogens is 673 g/mol. The zero-order chi connectivity index (χ0) is 39.9. The quantitative estimate of drug-likeness (QED) is 0.0926. The number of carboxylic acid groups (broad SMARTS) is 1. The van der Waals surface area contributed by atoms with Crippen LogP contribution in [0.5, 0.6) is 0 Å². The van der Waals surface area contributed by atoms with Crippen LogP contribution in [0.3, 0.4) is 0 Å². The Hall–Kier alpha value is -1.89. The van der Waals surface area contributed by atoms with Crippen molar-refractivity contribution in [1.29, 1.82) is 0 Å². The number of amides is 2. The Labute approximate surface area is 329 Å². The molecule has 5 fully saturated rings. The highest BCUT2D eigenvalue weighted by Crippen LogP contribution is 2.77. The van der Waals surface area contributed by atoms with Gasteiger partial charge in [0, 0.05) is 25.4 Å². The third-order valence-electron chi connectivity index (χ3n) is 17.6. The highest BCUT2D eigenvalue weighted by atomic mass is 16.4. The van der Waals surface area contributed by atoms with E-state index >= 15 is 0 Å². The summed E-state index contributed by atoms with van der Waals surface area (Å²) in [5, 5.41) is 26.9. The molecule has 0 saturated heterocycles. The lowest BCUT2D eigenvalue weighted by Crippen LogP contribution is -2.67. The molecule has 12 atom stereocenters. The normalized spacial score (nSPS) is 39.3. The fourth-order valence-electron chi connectivity index (χ4n) is 14.5. The van der Waals surface area contributed by atoms with Crippen molar-refractivity contribution >= 4 is 17.8 Å². The molecule has 54 heavy (non-hydrogen) atoms. The molecule has 5 saturated carbocycles. The van der Waals surface area contributed by atoms with Gasteiger partial charge < -0.3 is 20.8 Å². The van der Waals surface area contributed by atoms with Gasteiger partial charge in [-0.3, -0.25) is 14.4 Å². The van der Waals surface area contributed by atoms with E-state index in [0.29, 0.717) is 54.4 Å². The number of rotatable bonds is 16. The predicted molar refractivity (Wildman–Crippen MR) is 218 cm³/mol. The molecule has 0 heterocycles.